The van der Waals surface area contributed by atoms with Gasteiger partial charge in [0, 0.05) is 12.6 Å². The first-order valence-corrected chi connectivity index (χ1v) is 4.37. The van der Waals surface area contributed by atoms with Crippen LogP contribution in [-0.2, 0) is 16.1 Å². The van der Waals surface area contributed by atoms with Crippen molar-refractivity contribution in [3.8, 4) is 0 Å². The third-order valence-corrected chi connectivity index (χ3v) is 2.13. The van der Waals surface area contributed by atoms with Gasteiger partial charge >= 0.3 is 7.12 Å². The van der Waals surface area contributed by atoms with Crippen molar-refractivity contribution in [2.24, 2.45) is 0 Å². The van der Waals surface area contributed by atoms with Gasteiger partial charge in [0.25, 0.3) is 0 Å². The van der Waals surface area contributed by atoms with E-state index in [1.807, 2.05) is 6.07 Å². The Balaban J connectivity index is 2.30. The van der Waals surface area contributed by atoms with Crippen LogP contribution in [0.4, 0.5) is 5.69 Å². The molecule has 1 aromatic carbocycles. The highest BCUT2D eigenvalue weighted by Crippen LogP contribution is 2.14. The molecule has 1 heterocycles. The van der Waals surface area contributed by atoms with Gasteiger partial charge in [-0.3, -0.25) is 4.79 Å². The summed E-state index contributed by atoms with van der Waals surface area (Å²) in [6, 6.07) is 5.37. The SMILES string of the molecule is CC(=O)Nc1ccc2c(c1)B(O)OC2. The van der Waals surface area contributed by atoms with Crippen molar-refractivity contribution in [2.45, 2.75) is 13.5 Å². The van der Waals surface area contributed by atoms with E-state index in [9.17, 15) is 9.82 Å². The van der Waals surface area contributed by atoms with Crippen LogP contribution in [0.5, 0.6) is 0 Å². The fourth-order valence-electron chi connectivity index (χ4n) is 1.50. The molecule has 0 aromatic heterocycles. The number of fused-ring (bicyclic) bond motifs is 1. The van der Waals surface area contributed by atoms with Crippen LogP contribution in [0.2, 0.25) is 0 Å². The van der Waals surface area contributed by atoms with Gasteiger partial charge in [-0.1, -0.05) is 6.07 Å². The highest BCUT2D eigenvalue weighted by molar-refractivity contribution is 6.61. The van der Waals surface area contributed by atoms with Crippen molar-refractivity contribution >= 4 is 24.2 Å². The maximum Gasteiger partial charge on any atom is 0.491 e. The molecule has 5 heteroatoms. The van der Waals surface area contributed by atoms with Crippen molar-refractivity contribution in [2.75, 3.05) is 5.32 Å². The Kier molecular flexibility index (Phi) is 2.27. The highest BCUT2D eigenvalue weighted by Gasteiger charge is 2.27. The quantitative estimate of drug-likeness (QED) is 0.607. The number of rotatable bonds is 1. The number of hydrogen-bond acceptors (Lipinski definition) is 3. The van der Waals surface area contributed by atoms with Crippen molar-refractivity contribution < 1.29 is 14.5 Å². The third-order valence-electron chi connectivity index (χ3n) is 2.13. The Morgan fingerprint density at radius 1 is 1.64 bits per heavy atom. The second-order valence-corrected chi connectivity index (χ2v) is 3.26. The average Bonchev–Trinajstić information content (AvgIpc) is 2.47. The molecule has 1 amide bonds. The van der Waals surface area contributed by atoms with Crippen LogP contribution in [-0.4, -0.2) is 18.0 Å². The molecule has 1 aliphatic rings. The van der Waals surface area contributed by atoms with Crippen molar-refractivity contribution in [1.29, 1.82) is 0 Å². The first-order valence-electron chi connectivity index (χ1n) is 4.37. The maximum atomic E-state index is 10.8. The van der Waals surface area contributed by atoms with E-state index in [1.54, 1.807) is 12.1 Å². The minimum Gasteiger partial charge on any atom is -0.423 e. The van der Waals surface area contributed by atoms with E-state index in [2.05, 4.69) is 5.32 Å². The Labute approximate surface area is 82.0 Å². The Hall–Kier alpha value is -1.33. The molecule has 72 valence electrons. The fourth-order valence-corrected chi connectivity index (χ4v) is 1.50. The van der Waals surface area contributed by atoms with Crippen LogP contribution in [0.25, 0.3) is 0 Å². The highest BCUT2D eigenvalue weighted by atomic mass is 16.5. The number of hydrogen-bond donors (Lipinski definition) is 2. The normalized spacial score (nSPS) is 14.0. The predicted molar refractivity (Wildman–Crippen MR) is 53.1 cm³/mol. The maximum absolute atomic E-state index is 10.8. The molecule has 0 spiro atoms. The topological polar surface area (TPSA) is 58.6 Å². The first kappa shape index (κ1) is 9.24. The summed E-state index contributed by atoms with van der Waals surface area (Å²) in [7, 11) is -0.862. The lowest BCUT2D eigenvalue weighted by molar-refractivity contribution is -0.114. The summed E-state index contributed by atoms with van der Waals surface area (Å²) < 4.78 is 5.03. The van der Waals surface area contributed by atoms with Gasteiger partial charge in [-0.15, -0.1) is 0 Å². The van der Waals surface area contributed by atoms with Crippen LogP contribution in [0.1, 0.15) is 12.5 Å². The molecule has 0 bridgehead atoms. The van der Waals surface area contributed by atoms with Gasteiger partial charge in [0.1, 0.15) is 0 Å². The monoisotopic (exact) mass is 191 g/mol. The molecule has 2 rings (SSSR count). The lowest BCUT2D eigenvalue weighted by atomic mass is 9.79. The number of carbonyl (C=O) groups excluding carboxylic acids is 1. The lowest BCUT2D eigenvalue weighted by Gasteiger charge is -2.04. The van der Waals surface area contributed by atoms with Gasteiger partial charge in [0.05, 0.1) is 6.61 Å². The number of nitrogens with one attached hydrogen (secondary N) is 1. The molecule has 0 unspecified atom stereocenters. The predicted octanol–water partition coefficient (Wildman–Crippen LogP) is -0.137. The van der Waals surface area contributed by atoms with Crippen molar-refractivity contribution in [3.05, 3.63) is 23.8 Å². The number of carbonyl (C=O) groups is 1. The molecule has 14 heavy (non-hydrogen) atoms. The van der Waals surface area contributed by atoms with Gasteiger partial charge in [-0.2, -0.15) is 0 Å². The van der Waals surface area contributed by atoms with E-state index in [-0.39, 0.29) is 5.91 Å². The van der Waals surface area contributed by atoms with E-state index >= 15 is 0 Å². The van der Waals surface area contributed by atoms with Crippen molar-refractivity contribution in [3.63, 3.8) is 0 Å². The zero-order chi connectivity index (χ0) is 10.1. The Morgan fingerprint density at radius 3 is 3.14 bits per heavy atom. The zero-order valence-electron chi connectivity index (χ0n) is 7.78. The summed E-state index contributed by atoms with van der Waals surface area (Å²) in [4.78, 5) is 10.8. The molecule has 4 nitrogen and oxygen atoms in total. The first-order chi connectivity index (χ1) is 6.66. The van der Waals surface area contributed by atoms with Crippen LogP contribution in [0.3, 0.4) is 0 Å². The molecular weight excluding hydrogens is 181 g/mol. The molecule has 0 aliphatic carbocycles. The third kappa shape index (κ3) is 1.64. The largest absolute Gasteiger partial charge is 0.491 e. The average molecular weight is 191 g/mol. The van der Waals surface area contributed by atoms with E-state index in [0.29, 0.717) is 12.3 Å². The molecule has 1 aliphatic heterocycles. The summed E-state index contributed by atoms with van der Waals surface area (Å²) in [5.74, 6) is -0.127. The van der Waals surface area contributed by atoms with Gasteiger partial charge in [0.2, 0.25) is 5.91 Å². The summed E-state index contributed by atoms with van der Waals surface area (Å²) in [6.45, 7) is 1.87. The van der Waals surface area contributed by atoms with Crippen LogP contribution >= 0.6 is 0 Å². The van der Waals surface area contributed by atoms with Crippen LogP contribution in [0, 0.1) is 0 Å². The molecule has 2 N–H and O–H groups in total. The van der Waals surface area contributed by atoms with Gasteiger partial charge in [-0.05, 0) is 23.2 Å². The number of anilines is 1. The van der Waals surface area contributed by atoms with E-state index in [4.69, 9.17) is 4.65 Å². The molecule has 0 radical (unpaired) electrons. The van der Waals surface area contributed by atoms with E-state index < -0.39 is 7.12 Å². The molecule has 0 saturated heterocycles. The summed E-state index contributed by atoms with van der Waals surface area (Å²) in [6.07, 6.45) is 0. The minimum absolute atomic E-state index is 0.127. The second kappa shape index (κ2) is 3.44. The minimum atomic E-state index is -0.862. The van der Waals surface area contributed by atoms with Gasteiger partial charge in [-0.25, -0.2) is 0 Å². The Morgan fingerprint density at radius 2 is 2.43 bits per heavy atom. The van der Waals surface area contributed by atoms with Crippen LogP contribution in [0.15, 0.2) is 18.2 Å². The van der Waals surface area contributed by atoms with E-state index in [0.717, 1.165) is 11.0 Å². The second-order valence-electron chi connectivity index (χ2n) is 3.26. The molecule has 1 aromatic rings. The summed E-state index contributed by atoms with van der Waals surface area (Å²) in [5, 5.41) is 12.1. The lowest BCUT2D eigenvalue weighted by Crippen LogP contribution is -2.28. The smallest absolute Gasteiger partial charge is 0.423 e. The van der Waals surface area contributed by atoms with Crippen molar-refractivity contribution in [1.82, 2.24) is 0 Å². The zero-order valence-corrected chi connectivity index (χ0v) is 7.78. The molecule has 0 atom stereocenters. The van der Waals surface area contributed by atoms with Gasteiger partial charge < -0.3 is 15.0 Å². The number of amides is 1. The van der Waals surface area contributed by atoms with Gasteiger partial charge in [0.15, 0.2) is 0 Å². The standard InChI is InChI=1S/C9H10BNO3/c1-6(12)11-8-3-2-7-5-14-10(13)9(7)4-8/h2-4,13H,5H2,1H3,(H,11,12). The molecule has 0 saturated carbocycles. The van der Waals surface area contributed by atoms with Crippen LogP contribution < -0.4 is 10.8 Å². The summed E-state index contributed by atoms with van der Waals surface area (Å²) in [5.41, 5.74) is 2.38. The molecular formula is C9H10BNO3. The number of benzene rings is 1. The summed E-state index contributed by atoms with van der Waals surface area (Å²) >= 11 is 0. The Bertz CT molecular complexity index is 380. The fraction of sp³-hybridized carbons (Fsp3) is 0.222. The van der Waals surface area contributed by atoms with E-state index in [1.165, 1.54) is 6.92 Å². The molecule has 0 fully saturated rings.